The van der Waals surface area contributed by atoms with Crippen molar-refractivity contribution in [2.45, 2.75) is 25.4 Å². The Morgan fingerprint density at radius 3 is 3.05 bits per heavy atom. The van der Waals surface area contributed by atoms with Gasteiger partial charge in [-0.2, -0.15) is 0 Å². The Bertz CT molecular complexity index is 704. The van der Waals surface area contributed by atoms with E-state index in [9.17, 15) is 0 Å². The molecule has 3 heterocycles. The quantitative estimate of drug-likeness (QED) is 0.801. The molecule has 0 bridgehead atoms. The molecule has 1 unspecified atom stereocenters. The third-order valence-corrected chi connectivity index (χ3v) is 4.07. The minimum Gasteiger partial charge on any atom is -0.341 e. The van der Waals surface area contributed by atoms with Crippen molar-refractivity contribution in [1.29, 1.82) is 0 Å². The van der Waals surface area contributed by atoms with Crippen molar-refractivity contribution in [3.05, 3.63) is 54.4 Å². The summed E-state index contributed by atoms with van der Waals surface area (Å²) in [6, 6.07) is 8.54. The lowest BCUT2D eigenvalue weighted by Crippen LogP contribution is -2.24. The second-order valence-electron chi connectivity index (χ2n) is 5.46. The first-order chi connectivity index (χ1) is 10.4. The number of rotatable bonds is 3. The number of aromatic amines is 1. The monoisotopic (exact) mass is 279 g/mol. The summed E-state index contributed by atoms with van der Waals surface area (Å²) in [5.74, 6) is 1.07. The molecule has 5 nitrogen and oxygen atoms in total. The fourth-order valence-electron chi connectivity index (χ4n) is 3.08. The number of hydrogen-bond donors (Lipinski definition) is 1. The Labute approximate surface area is 123 Å². The lowest BCUT2D eigenvalue weighted by molar-refractivity contribution is 0.238. The molecule has 1 atom stereocenters. The molecule has 0 spiro atoms. The fraction of sp³-hybridized carbons (Fsp3) is 0.312. The third-order valence-electron chi connectivity index (χ3n) is 4.07. The Kier molecular flexibility index (Phi) is 3.12. The first-order valence-corrected chi connectivity index (χ1v) is 7.34. The molecule has 1 aliphatic rings. The van der Waals surface area contributed by atoms with Crippen molar-refractivity contribution in [1.82, 2.24) is 24.8 Å². The Morgan fingerprint density at radius 2 is 2.19 bits per heavy atom. The second-order valence-corrected chi connectivity index (χ2v) is 5.46. The van der Waals surface area contributed by atoms with Gasteiger partial charge in [-0.05, 0) is 31.5 Å². The minimum absolute atomic E-state index is 0.347. The summed E-state index contributed by atoms with van der Waals surface area (Å²) in [5, 5.41) is 0. The van der Waals surface area contributed by atoms with Crippen molar-refractivity contribution in [3.63, 3.8) is 0 Å². The average molecular weight is 279 g/mol. The summed E-state index contributed by atoms with van der Waals surface area (Å²) >= 11 is 0. The molecule has 106 valence electrons. The Morgan fingerprint density at radius 1 is 1.24 bits per heavy atom. The standard InChI is InChI=1S/C16H17N5/c1-2-5-14-13(4-1)19-16(20-14)15-6-3-9-21(15)11-12-10-17-7-8-18-12/h1-2,4-5,7-8,10,15H,3,6,9,11H2,(H,19,20). The molecule has 4 rings (SSSR count). The summed E-state index contributed by atoms with van der Waals surface area (Å²) in [4.78, 5) is 19.2. The molecule has 0 saturated carbocycles. The summed E-state index contributed by atoms with van der Waals surface area (Å²) in [6.45, 7) is 1.91. The molecule has 1 aliphatic heterocycles. The van der Waals surface area contributed by atoms with Gasteiger partial charge in [0.05, 0.1) is 22.8 Å². The molecule has 2 aromatic heterocycles. The predicted octanol–water partition coefficient (Wildman–Crippen LogP) is 2.69. The highest BCUT2D eigenvalue weighted by Gasteiger charge is 2.28. The van der Waals surface area contributed by atoms with Gasteiger partial charge in [0, 0.05) is 25.1 Å². The molecule has 3 aromatic rings. The van der Waals surface area contributed by atoms with Crippen LogP contribution in [0.5, 0.6) is 0 Å². The number of imidazole rings is 1. The van der Waals surface area contributed by atoms with Crippen molar-refractivity contribution < 1.29 is 0 Å². The molecule has 0 amide bonds. The van der Waals surface area contributed by atoms with Gasteiger partial charge in [-0.25, -0.2) is 4.98 Å². The van der Waals surface area contributed by atoms with Crippen molar-refractivity contribution in [2.24, 2.45) is 0 Å². The van der Waals surface area contributed by atoms with Gasteiger partial charge in [0.25, 0.3) is 0 Å². The zero-order valence-corrected chi connectivity index (χ0v) is 11.7. The van der Waals surface area contributed by atoms with Crippen LogP contribution in [0.1, 0.15) is 30.4 Å². The maximum absolute atomic E-state index is 4.75. The van der Waals surface area contributed by atoms with E-state index in [4.69, 9.17) is 4.98 Å². The first-order valence-electron chi connectivity index (χ1n) is 7.34. The van der Waals surface area contributed by atoms with Crippen molar-refractivity contribution in [2.75, 3.05) is 6.54 Å². The highest BCUT2D eigenvalue weighted by atomic mass is 15.2. The number of para-hydroxylation sites is 2. The molecular weight excluding hydrogens is 262 g/mol. The molecule has 1 fully saturated rings. The number of hydrogen-bond acceptors (Lipinski definition) is 4. The van der Waals surface area contributed by atoms with E-state index >= 15 is 0 Å². The predicted molar refractivity (Wildman–Crippen MR) is 80.5 cm³/mol. The summed E-state index contributed by atoms with van der Waals surface area (Å²) in [5.41, 5.74) is 3.17. The van der Waals surface area contributed by atoms with E-state index in [1.807, 2.05) is 18.3 Å². The smallest absolute Gasteiger partial charge is 0.124 e. The highest BCUT2D eigenvalue weighted by molar-refractivity contribution is 5.74. The maximum Gasteiger partial charge on any atom is 0.124 e. The lowest BCUT2D eigenvalue weighted by Gasteiger charge is -2.22. The normalized spacial score (nSPS) is 19.3. The van der Waals surface area contributed by atoms with Gasteiger partial charge in [0.2, 0.25) is 0 Å². The van der Waals surface area contributed by atoms with Gasteiger partial charge in [-0.3, -0.25) is 14.9 Å². The molecule has 1 N–H and O–H groups in total. The van der Waals surface area contributed by atoms with Gasteiger partial charge in [-0.1, -0.05) is 12.1 Å². The Balaban J connectivity index is 1.61. The van der Waals surface area contributed by atoms with E-state index < -0.39 is 0 Å². The molecule has 5 heteroatoms. The first kappa shape index (κ1) is 12.5. The topological polar surface area (TPSA) is 57.7 Å². The molecule has 0 aliphatic carbocycles. The summed E-state index contributed by atoms with van der Waals surface area (Å²) < 4.78 is 0. The molecule has 1 aromatic carbocycles. The minimum atomic E-state index is 0.347. The van der Waals surface area contributed by atoms with E-state index in [-0.39, 0.29) is 0 Å². The van der Waals surface area contributed by atoms with Crippen molar-refractivity contribution >= 4 is 11.0 Å². The number of aromatic nitrogens is 4. The third kappa shape index (κ3) is 2.40. The van der Waals surface area contributed by atoms with Crippen LogP contribution in [0.4, 0.5) is 0 Å². The van der Waals surface area contributed by atoms with Gasteiger partial charge in [0.1, 0.15) is 5.82 Å². The second kappa shape index (κ2) is 5.26. The highest BCUT2D eigenvalue weighted by Crippen LogP contribution is 2.32. The van der Waals surface area contributed by atoms with Crippen LogP contribution in [0.2, 0.25) is 0 Å². The van der Waals surface area contributed by atoms with E-state index in [1.165, 1.54) is 6.42 Å². The summed E-state index contributed by atoms with van der Waals surface area (Å²) in [7, 11) is 0. The number of fused-ring (bicyclic) bond motifs is 1. The van der Waals surface area contributed by atoms with Crippen LogP contribution >= 0.6 is 0 Å². The van der Waals surface area contributed by atoms with Crippen LogP contribution in [0.25, 0.3) is 11.0 Å². The average Bonchev–Trinajstić information content (AvgIpc) is 3.14. The van der Waals surface area contributed by atoms with Crippen molar-refractivity contribution in [3.8, 4) is 0 Å². The Hall–Kier alpha value is -2.27. The van der Waals surface area contributed by atoms with Crippen LogP contribution < -0.4 is 0 Å². The maximum atomic E-state index is 4.75. The fourth-order valence-corrected chi connectivity index (χ4v) is 3.08. The van der Waals surface area contributed by atoms with Crippen LogP contribution in [0, 0.1) is 0 Å². The zero-order valence-electron chi connectivity index (χ0n) is 11.7. The number of nitrogens with one attached hydrogen (secondary N) is 1. The van der Waals surface area contributed by atoms with Gasteiger partial charge < -0.3 is 4.98 Å². The van der Waals surface area contributed by atoms with Gasteiger partial charge >= 0.3 is 0 Å². The molecular formula is C16H17N5. The lowest BCUT2D eigenvalue weighted by atomic mass is 10.2. The van der Waals surface area contributed by atoms with E-state index in [1.54, 1.807) is 12.4 Å². The van der Waals surface area contributed by atoms with Gasteiger partial charge in [-0.15, -0.1) is 0 Å². The number of benzene rings is 1. The zero-order chi connectivity index (χ0) is 14.1. The summed E-state index contributed by atoms with van der Waals surface area (Å²) in [6.07, 6.45) is 7.64. The van der Waals surface area contributed by atoms with Crippen LogP contribution in [-0.4, -0.2) is 31.4 Å². The van der Waals surface area contributed by atoms with E-state index in [0.717, 1.165) is 42.1 Å². The number of likely N-dealkylation sites (tertiary alicyclic amines) is 1. The van der Waals surface area contributed by atoms with Gasteiger partial charge in [0.15, 0.2) is 0 Å². The van der Waals surface area contributed by atoms with Crippen LogP contribution in [0.3, 0.4) is 0 Å². The van der Waals surface area contributed by atoms with Crippen LogP contribution in [-0.2, 0) is 6.54 Å². The number of nitrogens with zero attached hydrogens (tertiary/aromatic N) is 4. The van der Waals surface area contributed by atoms with Crippen LogP contribution in [0.15, 0.2) is 42.9 Å². The largest absolute Gasteiger partial charge is 0.341 e. The number of H-pyrrole nitrogens is 1. The molecule has 21 heavy (non-hydrogen) atoms. The molecule has 0 radical (unpaired) electrons. The van der Waals surface area contributed by atoms with E-state index in [0.29, 0.717) is 6.04 Å². The SMILES string of the molecule is c1ccc2[nH]c(C3CCCN3Cc3cnccn3)nc2c1. The molecule has 1 saturated heterocycles. The van der Waals surface area contributed by atoms with E-state index in [2.05, 4.69) is 32.0 Å².